The Morgan fingerprint density at radius 2 is 1.92 bits per heavy atom. The number of carbonyl (C=O) groups is 1. The summed E-state index contributed by atoms with van der Waals surface area (Å²) in [6, 6.07) is 0. The van der Waals surface area contributed by atoms with Crippen LogP contribution in [0.25, 0.3) is 0 Å². The Kier molecular flexibility index (Phi) is 5.19. The highest BCUT2D eigenvalue weighted by molar-refractivity contribution is 5.60. The van der Waals surface area contributed by atoms with E-state index in [1.165, 1.54) is 0 Å². The molecular weight excluding hydrogens is 168 g/mol. The molecule has 0 aromatic heterocycles. The Morgan fingerprint density at radius 3 is 2.38 bits per heavy atom. The van der Waals surface area contributed by atoms with Gasteiger partial charge in [0.2, 0.25) is 0 Å². The van der Waals surface area contributed by atoms with Crippen LogP contribution in [0.5, 0.6) is 0 Å². The molecule has 0 radical (unpaired) electrons. The highest BCUT2D eigenvalue weighted by atomic mass is 16.7. The van der Waals surface area contributed by atoms with Gasteiger partial charge in [0.05, 0.1) is 0 Å². The van der Waals surface area contributed by atoms with Crippen LogP contribution in [-0.2, 0) is 9.47 Å². The standard InChI is InChI=1S/C10H18O3/c1-5-6-7-8-12-9(11)13-10(2,3)4/h6-7H,5,8H2,1-4H3. The van der Waals surface area contributed by atoms with E-state index in [2.05, 4.69) is 0 Å². The van der Waals surface area contributed by atoms with E-state index in [1.54, 1.807) is 26.8 Å². The highest BCUT2D eigenvalue weighted by Crippen LogP contribution is 2.07. The molecule has 0 aliphatic rings. The first kappa shape index (κ1) is 12.0. The third-order valence-corrected chi connectivity index (χ3v) is 1.09. The third-order valence-electron chi connectivity index (χ3n) is 1.09. The van der Waals surface area contributed by atoms with Gasteiger partial charge in [0, 0.05) is 0 Å². The van der Waals surface area contributed by atoms with E-state index in [4.69, 9.17) is 9.47 Å². The maximum Gasteiger partial charge on any atom is 0.509 e. The highest BCUT2D eigenvalue weighted by Gasteiger charge is 2.16. The number of rotatable bonds is 3. The van der Waals surface area contributed by atoms with E-state index in [0.717, 1.165) is 6.42 Å². The first-order valence-corrected chi connectivity index (χ1v) is 4.46. The quantitative estimate of drug-likeness (QED) is 0.502. The summed E-state index contributed by atoms with van der Waals surface area (Å²) in [5, 5.41) is 0. The minimum atomic E-state index is -0.617. The van der Waals surface area contributed by atoms with Gasteiger partial charge in [0.1, 0.15) is 12.2 Å². The van der Waals surface area contributed by atoms with Gasteiger partial charge in [0.15, 0.2) is 0 Å². The fourth-order valence-electron chi connectivity index (χ4n) is 0.630. The molecule has 0 fully saturated rings. The second-order valence-corrected chi connectivity index (χ2v) is 3.66. The molecule has 0 bridgehead atoms. The molecule has 0 atom stereocenters. The van der Waals surface area contributed by atoms with Crippen LogP contribution >= 0.6 is 0 Å². The zero-order chi connectivity index (χ0) is 10.3. The lowest BCUT2D eigenvalue weighted by Crippen LogP contribution is -2.24. The zero-order valence-corrected chi connectivity index (χ0v) is 8.79. The maximum atomic E-state index is 10.9. The fraction of sp³-hybridized carbons (Fsp3) is 0.700. The molecule has 0 saturated heterocycles. The van der Waals surface area contributed by atoms with E-state index in [1.807, 2.05) is 13.0 Å². The molecule has 0 N–H and O–H groups in total. The summed E-state index contributed by atoms with van der Waals surface area (Å²) in [4.78, 5) is 10.9. The molecule has 0 saturated carbocycles. The lowest BCUT2D eigenvalue weighted by molar-refractivity contribution is -0.00242. The summed E-state index contributed by atoms with van der Waals surface area (Å²) < 4.78 is 9.70. The lowest BCUT2D eigenvalue weighted by atomic mass is 10.2. The third kappa shape index (κ3) is 8.92. The van der Waals surface area contributed by atoms with Crippen molar-refractivity contribution in [2.24, 2.45) is 0 Å². The number of ether oxygens (including phenoxy) is 2. The van der Waals surface area contributed by atoms with Crippen molar-refractivity contribution in [1.29, 1.82) is 0 Å². The van der Waals surface area contributed by atoms with Gasteiger partial charge in [-0.3, -0.25) is 0 Å². The van der Waals surface area contributed by atoms with Crippen molar-refractivity contribution in [3.63, 3.8) is 0 Å². The van der Waals surface area contributed by atoms with Crippen LogP contribution < -0.4 is 0 Å². The molecule has 0 spiro atoms. The summed E-state index contributed by atoms with van der Waals surface area (Å²) in [5.74, 6) is 0. The van der Waals surface area contributed by atoms with Crippen molar-refractivity contribution >= 4 is 6.16 Å². The Balaban J connectivity index is 3.58. The van der Waals surface area contributed by atoms with Gasteiger partial charge in [-0.1, -0.05) is 19.1 Å². The lowest BCUT2D eigenvalue weighted by Gasteiger charge is -2.18. The van der Waals surface area contributed by atoms with Gasteiger partial charge < -0.3 is 9.47 Å². The predicted molar refractivity (Wildman–Crippen MR) is 51.6 cm³/mol. The maximum absolute atomic E-state index is 10.9. The molecular formula is C10H18O3. The normalized spacial score (nSPS) is 11.7. The molecule has 0 aliphatic carbocycles. The second-order valence-electron chi connectivity index (χ2n) is 3.66. The van der Waals surface area contributed by atoms with Crippen LogP contribution in [0.4, 0.5) is 4.79 Å². The zero-order valence-electron chi connectivity index (χ0n) is 8.79. The Morgan fingerprint density at radius 1 is 1.31 bits per heavy atom. The number of carbonyl (C=O) groups excluding carboxylic acids is 1. The Hall–Kier alpha value is -0.990. The summed E-state index contributed by atoms with van der Waals surface area (Å²) >= 11 is 0. The van der Waals surface area contributed by atoms with Gasteiger partial charge >= 0.3 is 6.16 Å². The van der Waals surface area contributed by atoms with Gasteiger partial charge in [-0.15, -0.1) is 0 Å². The molecule has 0 aliphatic heterocycles. The molecule has 3 heteroatoms. The molecule has 0 unspecified atom stereocenters. The van der Waals surface area contributed by atoms with Gasteiger partial charge in [-0.2, -0.15) is 0 Å². The summed E-state index contributed by atoms with van der Waals surface area (Å²) in [5.41, 5.74) is -0.481. The SMILES string of the molecule is CCC=CCOC(=O)OC(C)(C)C. The second kappa shape index (κ2) is 5.62. The minimum Gasteiger partial charge on any atom is -0.430 e. The topological polar surface area (TPSA) is 35.5 Å². The first-order valence-electron chi connectivity index (χ1n) is 4.46. The van der Waals surface area contributed by atoms with Crippen molar-refractivity contribution in [2.75, 3.05) is 6.61 Å². The number of hydrogen-bond acceptors (Lipinski definition) is 3. The molecule has 0 aromatic carbocycles. The van der Waals surface area contributed by atoms with Crippen molar-refractivity contribution in [3.05, 3.63) is 12.2 Å². The van der Waals surface area contributed by atoms with Crippen molar-refractivity contribution < 1.29 is 14.3 Å². The van der Waals surface area contributed by atoms with Crippen molar-refractivity contribution in [3.8, 4) is 0 Å². The van der Waals surface area contributed by atoms with Crippen molar-refractivity contribution in [1.82, 2.24) is 0 Å². The predicted octanol–water partition coefficient (Wildman–Crippen LogP) is 2.90. The van der Waals surface area contributed by atoms with E-state index < -0.39 is 11.8 Å². The van der Waals surface area contributed by atoms with Gasteiger partial charge in [0.25, 0.3) is 0 Å². The van der Waals surface area contributed by atoms with Crippen molar-refractivity contribution in [2.45, 2.75) is 39.7 Å². The first-order chi connectivity index (χ1) is 5.95. The van der Waals surface area contributed by atoms with Gasteiger partial charge in [-0.05, 0) is 27.2 Å². The largest absolute Gasteiger partial charge is 0.509 e. The minimum absolute atomic E-state index is 0.281. The molecule has 0 aromatic rings. The van der Waals surface area contributed by atoms with E-state index >= 15 is 0 Å². The van der Waals surface area contributed by atoms with Crippen LogP contribution in [0.3, 0.4) is 0 Å². The average Bonchev–Trinajstić information content (AvgIpc) is 1.94. The molecule has 13 heavy (non-hydrogen) atoms. The smallest absolute Gasteiger partial charge is 0.430 e. The summed E-state index contributed by atoms with van der Waals surface area (Å²) in [6.45, 7) is 7.70. The van der Waals surface area contributed by atoms with E-state index in [-0.39, 0.29) is 6.61 Å². The number of allylic oxidation sites excluding steroid dienone is 1. The molecule has 0 heterocycles. The molecule has 3 nitrogen and oxygen atoms in total. The summed E-state index contributed by atoms with van der Waals surface area (Å²) in [7, 11) is 0. The Bertz CT molecular complexity index is 177. The van der Waals surface area contributed by atoms with E-state index in [9.17, 15) is 4.79 Å². The molecule has 0 rings (SSSR count). The van der Waals surface area contributed by atoms with Crippen LogP contribution in [0.1, 0.15) is 34.1 Å². The average molecular weight is 186 g/mol. The van der Waals surface area contributed by atoms with Gasteiger partial charge in [-0.25, -0.2) is 4.79 Å². The monoisotopic (exact) mass is 186 g/mol. The molecule has 76 valence electrons. The van der Waals surface area contributed by atoms with Crippen LogP contribution in [-0.4, -0.2) is 18.4 Å². The van der Waals surface area contributed by atoms with Crippen LogP contribution in [0.15, 0.2) is 12.2 Å². The van der Waals surface area contributed by atoms with Crippen LogP contribution in [0, 0.1) is 0 Å². The van der Waals surface area contributed by atoms with E-state index in [0.29, 0.717) is 0 Å². The summed E-state index contributed by atoms with van der Waals surface area (Å²) in [6.07, 6.45) is 4.06. The fourth-order valence-corrected chi connectivity index (χ4v) is 0.630. The Labute approximate surface area is 79.7 Å². The molecule has 0 amide bonds. The van der Waals surface area contributed by atoms with Crippen LogP contribution in [0.2, 0.25) is 0 Å². The number of hydrogen-bond donors (Lipinski definition) is 0.